The number of rotatable bonds is 5. The van der Waals surface area contributed by atoms with Gasteiger partial charge in [0.2, 0.25) is 5.91 Å². The molecule has 0 spiro atoms. The number of anilines is 1. The zero-order valence-electron chi connectivity index (χ0n) is 15.5. The molecule has 1 unspecified atom stereocenters. The van der Waals surface area contributed by atoms with E-state index in [1.54, 1.807) is 12.0 Å². The smallest absolute Gasteiger partial charge is 0.317 e. The Balaban J connectivity index is 1.52. The number of methoxy groups -OCH3 is 1. The van der Waals surface area contributed by atoms with Gasteiger partial charge in [0, 0.05) is 25.3 Å². The molecule has 2 aromatic carbocycles. The number of piperidine rings is 1. The predicted molar refractivity (Wildman–Crippen MR) is 105 cm³/mol. The number of likely N-dealkylation sites (tertiary alicyclic amines) is 1. The monoisotopic (exact) mass is 367 g/mol. The summed E-state index contributed by atoms with van der Waals surface area (Å²) in [4.78, 5) is 26.7. The van der Waals surface area contributed by atoms with Crippen molar-refractivity contribution in [2.24, 2.45) is 5.92 Å². The van der Waals surface area contributed by atoms with E-state index >= 15 is 0 Å². The molecule has 1 heterocycles. The lowest BCUT2D eigenvalue weighted by Crippen LogP contribution is -2.47. The van der Waals surface area contributed by atoms with Gasteiger partial charge in [-0.05, 0) is 42.7 Å². The fourth-order valence-corrected chi connectivity index (χ4v) is 3.21. The summed E-state index contributed by atoms with van der Waals surface area (Å²) in [6.45, 7) is 1.52. The second-order valence-electron chi connectivity index (χ2n) is 6.65. The molecule has 2 N–H and O–H groups in total. The maximum Gasteiger partial charge on any atom is 0.317 e. The highest BCUT2D eigenvalue weighted by atomic mass is 16.5. The molecule has 2 aromatic rings. The minimum absolute atomic E-state index is 0.0357. The van der Waals surface area contributed by atoms with E-state index in [1.807, 2.05) is 54.6 Å². The van der Waals surface area contributed by atoms with Gasteiger partial charge in [-0.25, -0.2) is 4.79 Å². The summed E-state index contributed by atoms with van der Waals surface area (Å²) in [7, 11) is 1.62. The number of hydrogen-bond acceptors (Lipinski definition) is 3. The topological polar surface area (TPSA) is 70.7 Å². The van der Waals surface area contributed by atoms with Crippen molar-refractivity contribution in [2.45, 2.75) is 19.4 Å². The van der Waals surface area contributed by atoms with Crippen molar-refractivity contribution in [3.63, 3.8) is 0 Å². The molecule has 1 saturated heterocycles. The van der Waals surface area contributed by atoms with Crippen molar-refractivity contribution >= 4 is 17.6 Å². The van der Waals surface area contributed by atoms with Gasteiger partial charge in [0.15, 0.2) is 0 Å². The van der Waals surface area contributed by atoms with Crippen LogP contribution >= 0.6 is 0 Å². The molecule has 27 heavy (non-hydrogen) atoms. The molecule has 1 fully saturated rings. The average molecular weight is 367 g/mol. The molecule has 3 rings (SSSR count). The van der Waals surface area contributed by atoms with Crippen LogP contribution in [0.3, 0.4) is 0 Å². The van der Waals surface area contributed by atoms with E-state index in [0.717, 1.165) is 29.8 Å². The molecule has 3 amide bonds. The van der Waals surface area contributed by atoms with Crippen LogP contribution in [0.5, 0.6) is 5.75 Å². The van der Waals surface area contributed by atoms with Crippen molar-refractivity contribution in [1.29, 1.82) is 0 Å². The van der Waals surface area contributed by atoms with E-state index in [1.165, 1.54) is 0 Å². The first-order valence-corrected chi connectivity index (χ1v) is 9.17. The zero-order chi connectivity index (χ0) is 19.1. The van der Waals surface area contributed by atoms with Crippen molar-refractivity contribution in [3.05, 3.63) is 60.2 Å². The molecule has 1 atom stereocenters. The number of nitrogens with zero attached hydrogens (tertiary/aromatic N) is 1. The number of urea groups is 1. The van der Waals surface area contributed by atoms with Gasteiger partial charge < -0.3 is 20.3 Å². The largest absolute Gasteiger partial charge is 0.497 e. The van der Waals surface area contributed by atoms with Crippen LogP contribution < -0.4 is 15.4 Å². The fraction of sp³-hybridized carbons (Fsp3) is 0.333. The summed E-state index contributed by atoms with van der Waals surface area (Å²) in [5.74, 6) is 0.533. The summed E-state index contributed by atoms with van der Waals surface area (Å²) >= 11 is 0. The Hall–Kier alpha value is -3.02. The Labute approximate surface area is 159 Å². The molecule has 0 aliphatic carbocycles. The highest BCUT2D eigenvalue weighted by molar-refractivity contribution is 5.93. The van der Waals surface area contributed by atoms with Crippen molar-refractivity contribution in [3.8, 4) is 5.75 Å². The molecule has 0 aromatic heterocycles. The number of nitrogens with one attached hydrogen (secondary N) is 2. The third-order valence-corrected chi connectivity index (χ3v) is 4.70. The Morgan fingerprint density at radius 2 is 1.96 bits per heavy atom. The minimum atomic E-state index is -0.193. The molecule has 1 aliphatic rings. The first-order valence-electron chi connectivity index (χ1n) is 9.17. The van der Waals surface area contributed by atoms with Crippen LogP contribution in [0.4, 0.5) is 10.5 Å². The quantitative estimate of drug-likeness (QED) is 0.852. The standard InChI is InChI=1S/C21H25N3O3/c1-27-19-11-5-7-16(13-19)14-22-21(26)24-12-6-8-17(15-24)20(25)23-18-9-3-2-4-10-18/h2-5,7,9-11,13,17H,6,8,12,14-15H2,1H3,(H,22,26)(H,23,25). The lowest BCUT2D eigenvalue weighted by molar-refractivity contribution is -0.121. The minimum Gasteiger partial charge on any atom is -0.497 e. The van der Waals surface area contributed by atoms with Crippen molar-refractivity contribution in [1.82, 2.24) is 10.2 Å². The van der Waals surface area contributed by atoms with Crippen molar-refractivity contribution < 1.29 is 14.3 Å². The summed E-state index contributed by atoms with van der Waals surface area (Å²) in [6, 6.07) is 16.8. The van der Waals surface area contributed by atoms with Gasteiger partial charge in [-0.1, -0.05) is 30.3 Å². The Bertz CT molecular complexity index is 779. The van der Waals surface area contributed by atoms with Gasteiger partial charge in [0.25, 0.3) is 0 Å². The third kappa shape index (κ3) is 5.23. The molecular weight excluding hydrogens is 342 g/mol. The van der Waals surface area contributed by atoms with E-state index < -0.39 is 0 Å². The molecule has 1 aliphatic heterocycles. The van der Waals surface area contributed by atoms with E-state index in [9.17, 15) is 9.59 Å². The summed E-state index contributed by atoms with van der Waals surface area (Å²) in [6.07, 6.45) is 1.61. The van der Waals surface area contributed by atoms with Gasteiger partial charge >= 0.3 is 6.03 Å². The van der Waals surface area contributed by atoms with Gasteiger partial charge in [-0.2, -0.15) is 0 Å². The number of para-hydroxylation sites is 1. The number of benzene rings is 2. The van der Waals surface area contributed by atoms with E-state index in [2.05, 4.69) is 10.6 Å². The SMILES string of the molecule is COc1cccc(CNC(=O)N2CCCC(C(=O)Nc3ccccc3)C2)c1. The van der Waals surface area contributed by atoms with Gasteiger partial charge in [-0.15, -0.1) is 0 Å². The molecule has 6 nitrogen and oxygen atoms in total. The van der Waals surface area contributed by atoms with Crippen LogP contribution in [0.2, 0.25) is 0 Å². The lowest BCUT2D eigenvalue weighted by Gasteiger charge is -2.32. The molecule has 142 valence electrons. The first kappa shape index (κ1) is 18.8. The maximum absolute atomic E-state index is 12.5. The maximum atomic E-state index is 12.5. The number of ether oxygens (including phenoxy) is 1. The molecule has 0 saturated carbocycles. The van der Waals surface area contributed by atoms with Crippen LogP contribution in [0.25, 0.3) is 0 Å². The predicted octanol–water partition coefficient (Wildman–Crippen LogP) is 3.26. The number of amides is 3. The summed E-state index contributed by atoms with van der Waals surface area (Å²) < 4.78 is 5.20. The number of hydrogen-bond donors (Lipinski definition) is 2. The number of carbonyl (C=O) groups excluding carboxylic acids is 2. The Morgan fingerprint density at radius 3 is 2.74 bits per heavy atom. The number of carbonyl (C=O) groups is 2. The normalized spacial score (nSPS) is 16.5. The van der Waals surface area contributed by atoms with Crippen LogP contribution in [0.1, 0.15) is 18.4 Å². The molecule has 6 heteroatoms. The zero-order valence-corrected chi connectivity index (χ0v) is 15.5. The molecule has 0 radical (unpaired) electrons. The second kappa shape index (κ2) is 9.07. The van der Waals surface area contributed by atoms with Gasteiger partial charge in [0.1, 0.15) is 5.75 Å². The molecular formula is C21H25N3O3. The Morgan fingerprint density at radius 1 is 1.15 bits per heavy atom. The van der Waals surface area contributed by atoms with Gasteiger partial charge in [-0.3, -0.25) is 4.79 Å². The van der Waals surface area contributed by atoms with Crippen LogP contribution in [0.15, 0.2) is 54.6 Å². The van der Waals surface area contributed by atoms with Gasteiger partial charge in [0.05, 0.1) is 13.0 Å². The highest BCUT2D eigenvalue weighted by Gasteiger charge is 2.28. The summed E-state index contributed by atoms with van der Waals surface area (Å²) in [5.41, 5.74) is 1.75. The van der Waals surface area contributed by atoms with Crippen LogP contribution in [0, 0.1) is 5.92 Å². The van der Waals surface area contributed by atoms with E-state index in [4.69, 9.17) is 4.74 Å². The van der Waals surface area contributed by atoms with Crippen LogP contribution in [-0.2, 0) is 11.3 Å². The third-order valence-electron chi connectivity index (χ3n) is 4.70. The van der Waals surface area contributed by atoms with E-state index in [-0.39, 0.29) is 17.9 Å². The molecule has 0 bridgehead atoms. The van der Waals surface area contributed by atoms with E-state index in [0.29, 0.717) is 19.6 Å². The highest BCUT2D eigenvalue weighted by Crippen LogP contribution is 2.19. The van der Waals surface area contributed by atoms with Crippen LogP contribution in [-0.4, -0.2) is 37.0 Å². The Kier molecular flexibility index (Phi) is 6.30. The lowest BCUT2D eigenvalue weighted by atomic mass is 9.97. The summed E-state index contributed by atoms with van der Waals surface area (Å²) in [5, 5.41) is 5.86. The first-order chi connectivity index (χ1) is 13.2. The average Bonchev–Trinajstić information content (AvgIpc) is 2.73. The second-order valence-corrected chi connectivity index (χ2v) is 6.65. The van der Waals surface area contributed by atoms with Crippen molar-refractivity contribution in [2.75, 3.05) is 25.5 Å². The fourth-order valence-electron chi connectivity index (χ4n) is 3.21.